The van der Waals surface area contributed by atoms with Gasteiger partial charge in [-0.2, -0.15) is 5.10 Å². The lowest BCUT2D eigenvalue weighted by Gasteiger charge is -1.96. The number of halogens is 1. The molecule has 2 aromatic rings. The van der Waals surface area contributed by atoms with Gasteiger partial charge in [-0.05, 0) is 28.1 Å². The van der Waals surface area contributed by atoms with Gasteiger partial charge in [0.25, 0.3) is 5.91 Å². The number of hydrogen-bond donors (Lipinski definition) is 2. The molecule has 0 saturated carbocycles. The normalized spacial score (nSPS) is 11.0. The largest absolute Gasteiger partial charge is 0.448 e. The number of amides is 1. The molecule has 0 unspecified atom stereocenters. The number of anilines is 1. The van der Waals surface area contributed by atoms with E-state index in [0.717, 1.165) is 0 Å². The topological polar surface area (TPSA) is 106 Å². The van der Waals surface area contributed by atoms with Crippen LogP contribution in [0.1, 0.15) is 5.76 Å². The van der Waals surface area contributed by atoms with Crippen LogP contribution in [0.5, 0.6) is 0 Å². The van der Waals surface area contributed by atoms with Crippen molar-refractivity contribution in [3.8, 4) is 0 Å². The van der Waals surface area contributed by atoms with Crippen molar-refractivity contribution in [1.29, 1.82) is 0 Å². The lowest BCUT2D eigenvalue weighted by Crippen LogP contribution is -2.19. The molecular weight excluding hydrogens is 354 g/mol. The molecule has 10 heteroatoms. The molecule has 0 aliphatic heterocycles. The molecule has 1 amide bonds. The van der Waals surface area contributed by atoms with Crippen LogP contribution >= 0.6 is 39.0 Å². The third-order valence-corrected chi connectivity index (χ3v) is 4.04. The van der Waals surface area contributed by atoms with Gasteiger partial charge in [-0.25, -0.2) is 5.43 Å². The minimum atomic E-state index is -0.249. The Hall–Kier alpha value is -1.39. The molecule has 0 spiro atoms. The van der Waals surface area contributed by atoms with E-state index < -0.39 is 0 Å². The zero-order valence-electron chi connectivity index (χ0n) is 9.37. The van der Waals surface area contributed by atoms with Crippen LogP contribution in [-0.4, -0.2) is 28.1 Å². The van der Waals surface area contributed by atoms with Gasteiger partial charge in [0.15, 0.2) is 9.01 Å². The van der Waals surface area contributed by atoms with E-state index in [2.05, 4.69) is 36.7 Å². The minimum absolute atomic E-state index is 0.188. The molecule has 2 heterocycles. The summed E-state index contributed by atoms with van der Waals surface area (Å²) in [5.74, 6) is 0.478. The Balaban J connectivity index is 1.74. The minimum Gasteiger partial charge on any atom is -0.448 e. The summed E-state index contributed by atoms with van der Waals surface area (Å²) in [6.07, 6.45) is 1.41. The highest BCUT2D eigenvalue weighted by molar-refractivity contribution is 9.10. The maximum absolute atomic E-state index is 11.5. The number of nitrogens with one attached hydrogen (secondary N) is 1. The molecule has 0 radical (unpaired) electrons. The Morgan fingerprint density at radius 1 is 1.63 bits per heavy atom. The molecule has 19 heavy (non-hydrogen) atoms. The SMILES string of the molecule is Nc1nnc(SCC(=O)NN=Cc2ccc(Br)o2)s1. The highest BCUT2D eigenvalue weighted by Gasteiger charge is 2.05. The number of hydrogen-bond acceptors (Lipinski definition) is 8. The van der Waals surface area contributed by atoms with E-state index in [-0.39, 0.29) is 11.7 Å². The monoisotopic (exact) mass is 361 g/mol. The van der Waals surface area contributed by atoms with Crippen LogP contribution in [0.15, 0.2) is 30.7 Å². The summed E-state index contributed by atoms with van der Waals surface area (Å²) in [7, 11) is 0. The lowest BCUT2D eigenvalue weighted by molar-refractivity contribution is -0.118. The fraction of sp³-hybridized carbons (Fsp3) is 0.111. The summed E-state index contributed by atoms with van der Waals surface area (Å²) in [4.78, 5) is 11.5. The number of nitrogens with two attached hydrogens (primary N) is 1. The van der Waals surface area contributed by atoms with E-state index in [1.165, 1.54) is 29.3 Å². The smallest absolute Gasteiger partial charge is 0.250 e. The van der Waals surface area contributed by atoms with Crippen LogP contribution in [0.25, 0.3) is 0 Å². The Labute approximate surface area is 124 Å². The van der Waals surface area contributed by atoms with Crippen molar-refractivity contribution < 1.29 is 9.21 Å². The van der Waals surface area contributed by atoms with E-state index >= 15 is 0 Å². The van der Waals surface area contributed by atoms with Crippen LogP contribution in [0.4, 0.5) is 5.13 Å². The molecule has 0 aromatic carbocycles. The van der Waals surface area contributed by atoms with Crippen LogP contribution in [0, 0.1) is 0 Å². The Bertz CT molecular complexity index is 597. The molecule has 0 aliphatic rings. The van der Waals surface area contributed by atoms with Gasteiger partial charge in [-0.3, -0.25) is 4.79 Å². The summed E-state index contributed by atoms with van der Waals surface area (Å²) >= 11 is 5.65. The molecular formula is C9H8BrN5O2S2. The standard InChI is InChI=1S/C9H8BrN5O2S2/c10-6-2-1-5(17-6)3-12-13-7(16)4-18-9-15-14-8(11)19-9/h1-3H,4H2,(H2,11,14)(H,13,16). The van der Waals surface area contributed by atoms with Crippen molar-refractivity contribution in [2.75, 3.05) is 11.5 Å². The highest BCUT2D eigenvalue weighted by Crippen LogP contribution is 2.22. The molecule has 2 rings (SSSR count). The summed E-state index contributed by atoms with van der Waals surface area (Å²) in [6, 6.07) is 3.46. The van der Waals surface area contributed by atoms with E-state index in [4.69, 9.17) is 10.2 Å². The second kappa shape index (κ2) is 6.68. The average molecular weight is 362 g/mol. The van der Waals surface area contributed by atoms with Crippen LogP contribution in [0.2, 0.25) is 0 Å². The summed E-state index contributed by atoms with van der Waals surface area (Å²) in [6.45, 7) is 0. The zero-order chi connectivity index (χ0) is 13.7. The van der Waals surface area contributed by atoms with E-state index in [9.17, 15) is 4.79 Å². The highest BCUT2D eigenvalue weighted by atomic mass is 79.9. The Kier molecular flexibility index (Phi) is 4.93. The van der Waals surface area contributed by atoms with Gasteiger partial charge in [0.05, 0.1) is 12.0 Å². The van der Waals surface area contributed by atoms with E-state index in [0.29, 0.717) is 19.9 Å². The van der Waals surface area contributed by atoms with Gasteiger partial charge in [0.1, 0.15) is 5.76 Å². The van der Waals surface area contributed by atoms with Gasteiger partial charge < -0.3 is 10.2 Å². The second-order valence-electron chi connectivity index (χ2n) is 3.13. The first-order valence-corrected chi connectivity index (χ1v) is 7.52. The predicted octanol–water partition coefficient (Wildman–Crippen LogP) is 1.72. The third kappa shape index (κ3) is 4.65. The van der Waals surface area contributed by atoms with Crippen molar-refractivity contribution in [2.24, 2.45) is 5.10 Å². The number of nitrogen functional groups attached to an aromatic ring is 1. The summed E-state index contributed by atoms with van der Waals surface area (Å²) < 4.78 is 6.42. The van der Waals surface area contributed by atoms with Crippen LogP contribution < -0.4 is 11.2 Å². The zero-order valence-corrected chi connectivity index (χ0v) is 12.6. The van der Waals surface area contributed by atoms with Crippen molar-refractivity contribution in [3.05, 3.63) is 22.6 Å². The van der Waals surface area contributed by atoms with Gasteiger partial charge in [0.2, 0.25) is 5.13 Å². The number of rotatable bonds is 5. The second-order valence-corrected chi connectivity index (χ2v) is 6.14. The van der Waals surface area contributed by atoms with Crippen LogP contribution in [0.3, 0.4) is 0 Å². The maximum Gasteiger partial charge on any atom is 0.250 e. The number of thioether (sulfide) groups is 1. The molecule has 0 aliphatic carbocycles. The summed E-state index contributed by atoms with van der Waals surface area (Å²) in [5.41, 5.74) is 7.80. The summed E-state index contributed by atoms with van der Waals surface area (Å²) in [5, 5.41) is 11.6. The molecule has 7 nitrogen and oxygen atoms in total. The number of carbonyl (C=O) groups is 1. The van der Waals surface area contributed by atoms with E-state index in [1.54, 1.807) is 12.1 Å². The number of carbonyl (C=O) groups excluding carboxylic acids is 1. The average Bonchev–Trinajstić information content (AvgIpc) is 2.96. The van der Waals surface area contributed by atoms with E-state index in [1.807, 2.05) is 0 Å². The molecule has 0 fully saturated rings. The number of nitrogens with zero attached hydrogens (tertiary/aromatic N) is 3. The Morgan fingerprint density at radius 2 is 2.47 bits per heavy atom. The molecule has 0 atom stereocenters. The first-order valence-electron chi connectivity index (χ1n) is 4.92. The number of furan rings is 1. The van der Waals surface area contributed by atoms with Crippen molar-refractivity contribution in [3.63, 3.8) is 0 Å². The fourth-order valence-corrected chi connectivity index (χ4v) is 2.75. The van der Waals surface area contributed by atoms with Gasteiger partial charge in [0, 0.05) is 0 Å². The van der Waals surface area contributed by atoms with Gasteiger partial charge in [-0.1, -0.05) is 23.1 Å². The van der Waals surface area contributed by atoms with Crippen molar-refractivity contribution in [1.82, 2.24) is 15.6 Å². The first kappa shape index (κ1) is 14.0. The van der Waals surface area contributed by atoms with Crippen molar-refractivity contribution in [2.45, 2.75) is 4.34 Å². The number of aromatic nitrogens is 2. The lowest BCUT2D eigenvalue weighted by atomic mass is 10.5. The molecule has 100 valence electrons. The van der Waals surface area contributed by atoms with Crippen LogP contribution in [-0.2, 0) is 4.79 Å². The third-order valence-electron chi connectivity index (χ3n) is 1.72. The fourth-order valence-electron chi connectivity index (χ4n) is 1.00. The first-order chi connectivity index (χ1) is 9.13. The molecule has 2 aromatic heterocycles. The maximum atomic E-state index is 11.5. The Morgan fingerprint density at radius 3 is 3.11 bits per heavy atom. The van der Waals surface area contributed by atoms with Gasteiger partial charge >= 0.3 is 0 Å². The molecule has 3 N–H and O–H groups in total. The number of hydrazone groups is 1. The molecule has 0 saturated heterocycles. The van der Waals surface area contributed by atoms with Crippen molar-refractivity contribution >= 4 is 56.3 Å². The predicted molar refractivity (Wildman–Crippen MR) is 77.2 cm³/mol. The van der Waals surface area contributed by atoms with Gasteiger partial charge in [-0.15, -0.1) is 10.2 Å². The molecule has 0 bridgehead atoms. The quantitative estimate of drug-likeness (QED) is 0.477.